The highest BCUT2D eigenvalue weighted by Gasteiger charge is 2.42. The summed E-state index contributed by atoms with van der Waals surface area (Å²) in [4.78, 5) is 30.7. The molecule has 0 saturated carbocycles. The number of nitrogens with zero attached hydrogens (tertiary/aromatic N) is 6. The van der Waals surface area contributed by atoms with E-state index in [0.717, 1.165) is 61.0 Å². The second-order valence-corrected chi connectivity index (χ2v) is 8.15. The van der Waals surface area contributed by atoms with Crippen LogP contribution in [-0.2, 0) is 17.8 Å². The molecule has 3 aromatic rings. The van der Waals surface area contributed by atoms with Crippen LogP contribution in [0.4, 0.5) is 5.82 Å². The number of rotatable bonds is 5. The molecule has 2 aliphatic heterocycles. The number of carbonyl (C=O) groups excluding carboxylic acids is 1. The number of likely N-dealkylation sites (tertiary alicyclic amines) is 1. The fraction of sp³-hybridized carbons (Fsp3) is 0.455. The maximum Gasteiger partial charge on any atom is 0.227 e. The minimum atomic E-state index is 0.190. The number of ether oxygens (including phenoxy) is 1. The van der Waals surface area contributed by atoms with E-state index in [1.165, 1.54) is 0 Å². The Balaban J connectivity index is 1.25. The van der Waals surface area contributed by atoms with E-state index in [9.17, 15) is 4.79 Å². The quantitative estimate of drug-likeness (QED) is 0.645. The van der Waals surface area contributed by atoms with E-state index >= 15 is 0 Å². The van der Waals surface area contributed by atoms with Gasteiger partial charge in [0.05, 0.1) is 19.9 Å². The molecule has 4 heterocycles. The van der Waals surface area contributed by atoms with Gasteiger partial charge in [0.15, 0.2) is 17.0 Å². The number of amides is 1. The predicted molar refractivity (Wildman–Crippen MR) is 113 cm³/mol. The molecule has 1 aromatic carbocycles. The molecular weight excluding hydrogens is 380 g/mol. The number of aryl methyl sites for hydroxylation is 1. The van der Waals surface area contributed by atoms with Gasteiger partial charge in [-0.3, -0.25) is 4.79 Å². The smallest absolute Gasteiger partial charge is 0.227 e. The fourth-order valence-electron chi connectivity index (χ4n) is 4.77. The molecule has 5 rings (SSSR count). The van der Waals surface area contributed by atoms with Crippen LogP contribution in [0.1, 0.15) is 12.5 Å². The van der Waals surface area contributed by atoms with Crippen molar-refractivity contribution in [1.82, 2.24) is 24.4 Å². The lowest BCUT2D eigenvalue weighted by Gasteiger charge is -2.22. The lowest BCUT2D eigenvalue weighted by molar-refractivity contribution is -0.129. The molecule has 2 fully saturated rings. The van der Waals surface area contributed by atoms with Crippen LogP contribution in [0.3, 0.4) is 0 Å². The van der Waals surface area contributed by atoms with Gasteiger partial charge >= 0.3 is 0 Å². The topological polar surface area (TPSA) is 76.4 Å². The van der Waals surface area contributed by atoms with Crippen LogP contribution in [0.5, 0.6) is 5.75 Å². The van der Waals surface area contributed by atoms with Crippen molar-refractivity contribution in [2.24, 2.45) is 11.8 Å². The van der Waals surface area contributed by atoms with Crippen molar-refractivity contribution in [3.05, 3.63) is 42.5 Å². The Kier molecular flexibility index (Phi) is 4.77. The molecule has 2 saturated heterocycles. The Morgan fingerprint density at radius 3 is 2.67 bits per heavy atom. The van der Waals surface area contributed by atoms with Gasteiger partial charge in [0.25, 0.3) is 0 Å². The minimum Gasteiger partial charge on any atom is -0.497 e. The highest BCUT2D eigenvalue weighted by atomic mass is 16.5. The van der Waals surface area contributed by atoms with Crippen LogP contribution in [0.25, 0.3) is 11.2 Å². The predicted octanol–water partition coefficient (Wildman–Crippen LogP) is 1.99. The number of hydrogen-bond acceptors (Lipinski definition) is 6. The van der Waals surface area contributed by atoms with Gasteiger partial charge in [-0.2, -0.15) is 0 Å². The summed E-state index contributed by atoms with van der Waals surface area (Å²) in [5, 5.41) is 0. The number of benzene rings is 1. The Hall–Kier alpha value is -3.16. The average molecular weight is 406 g/mol. The van der Waals surface area contributed by atoms with E-state index in [0.29, 0.717) is 18.3 Å². The van der Waals surface area contributed by atoms with Crippen molar-refractivity contribution < 1.29 is 9.53 Å². The molecule has 0 aliphatic carbocycles. The van der Waals surface area contributed by atoms with Crippen molar-refractivity contribution in [1.29, 1.82) is 0 Å². The first kappa shape index (κ1) is 18.8. The van der Waals surface area contributed by atoms with E-state index in [1.807, 2.05) is 40.1 Å². The van der Waals surface area contributed by atoms with Crippen molar-refractivity contribution in [3.63, 3.8) is 0 Å². The second-order valence-electron chi connectivity index (χ2n) is 8.15. The third-order valence-corrected chi connectivity index (χ3v) is 6.35. The van der Waals surface area contributed by atoms with Gasteiger partial charge in [-0.15, -0.1) is 0 Å². The van der Waals surface area contributed by atoms with Gasteiger partial charge in [-0.05, 0) is 24.6 Å². The molecule has 2 aromatic heterocycles. The van der Waals surface area contributed by atoms with Gasteiger partial charge < -0.3 is 19.1 Å². The van der Waals surface area contributed by atoms with E-state index in [1.54, 1.807) is 13.4 Å². The van der Waals surface area contributed by atoms with Crippen LogP contribution in [0, 0.1) is 11.8 Å². The Labute approximate surface area is 175 Å². The molecule has 0 radical (unpaired) electrons. The first-order chi connectivity index (χ1) is 14.7. The molecule has 8 nitrogen and oxygen atoms in total. The monoisotopic (exact) mass is 406 g/mol. The molecule has 0 bridgehead atoms. The Bertz CT molecular complexity index is 1070. The zero-order valence-corrected chi connectivity index (χ0v) is 17.4. The molecule has 1 amide bonds. The normalized spacial score (nSPS) is 20.7. The average Bonchev–Trinajstić information content (AvgIpc) is 3.46. The minimum absolute atomic E-state index is 0.190. The van der Waals surface area contributed by atoms with E-state index < -0.39 is 0 Å². The van der Waals surface area contributed by atoms with E-state index in [2.05, 4.69) is 26.8 Å². The van der Waals surface area contributed by atoms with Gasteiger partial charge in [0, 0.05) is 44.6 Å². The molecule has 2 aliphatic rings. The van der Waals surface area contributed by atoms with Gasteiger partial charge in [0.1, 0.15) is 12.1 Å². The maximum absolute atomic E-state index is 12.8. The van der Waals surface area contributed by atoms with Crippen LogP contribution >= 0.6 is 0 Å². The first-order valence-corrected chi connectivity index (χ1v) is 10.5. The van der Waals surface area contributed by atoms with Gasteiger partial charge in [-0.25, -0.2) is 15.0 Å². The summed E-state index contributed by atoms with van der Waals surface area (Å²) < 4.78 is 7.31. The van der Waals surface area contributed by atoms with Crippen molar-refractivity contribution in [3.8, 4) is 5.75 Å². The maximum atomic E-state index is 12.8. The second kappa shape index (κ2) is 7.59. The van der Waals surface area contributed by atoms with Crippen LogP contribution in [-0.4, -0.2) is 63.6 Å². The van der Waals surface area contributed by atoms with Crippen LogP contribution in [0.15, 0.2) is 36.9 Å². The summed E-state index contributed by atoms with van der Waals surface area (Å²) in [6.45, 7) is 6.34. The highest BCUT2D eigenvalue weighted by molar-refractivity contribution is 5.83. The highest BCUT2D eigenvalue weighted by Crippen LogP contribution is 2.35. The summed E-state index contributed by atoms with van der Waals surface area (Å²) in [7, 11) is 1.65. The molecule has 8 heteroatoms. The summed E-state index contributed by atoms with van der Waals surface area (Å²) in [5.74, 6) is 2.83. The molecule has 2 unspecified atom stereocenters. The number of fused-ring (bicyclic) bond motifs is 2. The SMILES string of the molecule is CCn1cnc2c(N3CC4CN(C(=O)Cc5cccc(OC)c5)CC4C3)ncnc21. The number of aromatic nitrogens is 4. The van der Waals surface area contributed by atoms with Gasteiger partial charge in [-0.1, -0.05) is 12.1 Å². The number of imidazole rings is 1. The summed E-state index contributed by atoms with van der Waals surface area (Å²) >= 11 is 0. The number of carbonyl (C=O) groups is 1. The molecular formula is C22H26N6O2. The lowest BCUT2D eigenvalue weighted by Crippen LogP contribution is -2.34. The number of anilines is 1. The third-order valence-electron chi connectivity index (χ3n) is 6.35. The molecule has 30 heavy (non-hydrogen) atoms. The van der Waals surface area contributed by atoms with Crippen molar-refractivity contribution >= 4 is 22.9 Å². The number of hydrogen-bond donors (Lipinski definition) is 0. The zero-order chi connectivity index (χ0) is 20.7. The molecule has 156 valence electrons. The van der Waals surface area contributed by atoms with Crippen molar-refractivity contribution in [2.45, 2.75) is 19.9 Å². The Morgan fingerprint density at radius 1 is 1.13 bits per heavy atom. The largest absolute Gasteiger partial charge is 0.497 e. The lowest BCUT2D eigenvalue weighted by atomic mass is 10.0. The van der Waals surface area contributed by atoms with Crippen LogP contribution < -0.4 is 9.64 Å². The van der Waals surface area contributed by atoms with E-state index in [4.69, 9.17) is 4.74 Å². The summed E-state index contributed by atoms with van der Waals surface area (Å²) in [5.41, 5.74) is 2.74. The molecule has 0 spiro atoms. The summed E-state index contributed by atoms with van der Waals surface area (Å²) in [6.07, 6.45) is 3.88. The summed E-state index contributed by atoms with van der Waals surface area (Å²) in [6, 6.07) is 7.75. The third kappa shape index (κ3) is 3.26. The van der Waals surface area contributed by atoms with E-state index in [-0.39, 0.29) is 5.91 Å². The van der Waals surface area contributed by atoms with Crippen LogP contribution in [0.2, 0.25) is 0 Å². The molecule has 0 N–H and O–H groups in total. The molecule has 2 atom stereocenters. The van der Waals surface area contributed by atoms with Gasteiger partial charge in [0.2, 0.25) is 5.91 Å². The fourth-order valence-corrected chi connectivity index (χ4v) is 4.77. The van der Waals surface area contributed by atoms with Crippen molar-refractivity contribution in [2.75, 3.05) is 38.2 Å². The Morgan fingerprint density at radius 2 is 1.93 bits per heavy atom. The zero-order valence-electron chi connectivity index (χ0n) is 17.4. The first-order valence-electron chi connectivity index (χ1n) is 10.5. The standard InChI is InChI=1S/C22H26N6O2/c1-3-26-14-25-20-21(26)23-13-24-22(20)28-11-16-9-27(10-17(16)12-28)19(29)8-15-5-4-6-18(7-15)30-2/h4-7,13-14,16-17H,3,8-12H2,1-2H3. The number of methoxy groups -OCH3 is 1.